The average Bonchev–Trinajstić information content (AvgIpc) is 2.85. The van der Waals surface area contributed by atoms with Crippen molar-refractivity contribution in [3.05, 3.63) is 47.8 Å². The minimum absolute atomic E-state index is 0.0140. The Bertz CT molecular complexity index is 715. The summed E-state index contributed by atoms with van der Waals surface area (Å²) in [5.41, 5.74) is 0.879. The van der Waals surface area contributed by atoms with E-state index in [0.29, 0.717) is 0 Å². The highest BCUT2D eigenvalue weighted by Gasteiger charge is 2.22. The first-order valence-corrected chi connectivity index (χ1v) is 7.12. The third-order valence-electron chi connectivity index (χ3n) is 2.61. The van der Waals surface area contributed by atoms with E-state index < -0.39 is 16.1 Å². The monoisotopic (exact) mass is 295 g/mol. The number of hydrogen-bond acceptors (Lipinski definition) is 5. The highest BCUT2D eigenvalue weighted by atomic mass is 32.2. The first-order chi connectivity index (χ1) is 9.44. The molecule has 7 heteroatoms. The number of carbonyl (C=O) groups is 1. The van der Waals surface area contributed by atoms with E-state index >= 15 is 0 Å². The smallest absolute Gasteiger partial charge is 0.358 e. The number of hydrogen-bond donors (Lipinski definition) is 1. The SMILES string of the molecule is COC(=O)c1[nH]ccc1OS(=O)(=O)c1ccc(C)cc1. The molecule has 1 aromatic heterocycles. The van der Waals surface area contributed by atoms with Crippen LogP contribution in [0.3, 0.4) is 0 Å². The van der Waals surface area contributed by atoms with Crippen molar-refractivity contribution in [3.8, 4) is 5.75 Å². The number of rotatable bonds is 4. The number of aromatic amines is 1. The fourth-order valence-electron chi connectivity index (χ4n) is 1.56. The Balaban J connectivity index is 2.32. The molecule has 0 saturated heterocycles. The van der Waals surface area contributed by atoms with E-state index in [4.69, 9.17) is 4.18 Å². The van der Waals surface area contributed by atoms with E-state index in [1.807, 2.05) is 6.92 Å². The molecule has 1 aromatic carbocycles. The molecular formula is C13H13NO5S. The fraction of sp³-hybridized carbons (Fsp3) is 0.154. The molecule has 106 valence electrons. The standard InChI is InChI=1S/C13H13NO5S/c1-9-3-5-10(6-4-9)20(16,17)19-11-7-8-14-12(11)13(15)18-2/h3-8,14H,1-2H3. The summed E-state index contributed by atoms with van der Waals surface area (Å²) in [5.74, 6) is -0.804. The molecule has 0 radical (unpaired) electrons. The lowest BCUT2D eigenvalue weighted by Crippen LogP contribution is -2.12. The molecule has 0 unspecified atom stereocenters. The maximum atomic E-state index is 12.1. The van der Waals surface area contributed by atoms with Crippen molar-refractivity contribution >= 4 is 16.1 Å². The van der Waals surface area contributed by atoms with Gasteiger partial charge in [0.15, 0.2) is 11.4 Å². The molecule has 6 nitrogen and oxygen atoms in total. The van der Waals surface area contributed by atoms with E-state index in [1.54, 1.807) is 12.1 Å². The van der Waals surface area contributed by atoms with Crippen molar-refractivity contribution in [3.63, 3.8) is 0 Å². The highest BCUT2D eigenvalue weighted by Crippen LogP contribution is 2.23. The molecule has 0 bridgehead atoms. The molecule has 0 aliphatic rings. The third kappa shape index (κ3) is 2.83. The van der Waals surface area contributed by atoms with Crippen molar-refractivity contribution < 1.29 is 22.1 Å². The molecule has 0 spiro atoms. The zero-order valence-electron chi connectivity index (χ0n) is 10.9. The van der Waals surface area contributed by atoms with Gasteiger partial charge in [0.2, 0.25) is 0 Å². The van der Waals surface area contributed by atoms with Gasteiger partial charge in [0, 0.05) is 12.3 Å². The van der Waals surface area contributed by atoms with Crippen LogP contribution in [0.5, 0.6) is 5.75 Å². The number of methoxy groups -OCH3 is 1. The van der Waals surface area contributed by atoms with E-state index in [-0.39, 0.29) is 16.3 Å². The lowest BCUT2D eigenvalue weighted by molar-refractivity contribution is 0.0593. The van der Waals surface area contributed by atoms with Crippen LogP contribution in [0.2, 0.25) is 0 Å². The molecule has 20 heavy (non-hydrogen) atoms. The zero-order chi connectivity index (χ0) is 14.8. The van der Waals surface area contributed by atoms with Gasteiger partial charge in [0.1, 0.15) is 4.90 Å². The summed E-state index contributed by atoms with van der Waals surface area (Å²) in [7, 11) is -2.80. The van der Waals surface area contributed by atoms with Crippen molar-refractivity contribution in [1.82, 2.24) is 4.98 Å². The molecule has 0 amide bonds. The van der Waals surface area contributed by atoms with Crippen LogP contribution in [-0.4, -0.2) is 26.5 Å². The lowest BCUT2D eigenvalue weighted by atomic mass is 10.2. The molecule has 1 heterocycles. The van der Waals surface area contributed by atoms with Crippen molar-refractivity contribution in [2.75, 3.05) is 7.11 Å². The van der Waals surface area contributed by atoms with Gasteiger partial charge in [0.25, 0.3) is 0 Å². The van der Waals surface area contributed by atoms with Crippen LogP contribution in [0.15, 0.2) is 41.4 Å². The minimum Gasteiger partial charge on any atom is -0.464 e. The Morgan fingerprint density at radius 1 is 1.15 bits per heavy atom. The second-order valence-electron chi connectivity index (χ2n) is 4.06. The van der Waals surface area contributed by atoms with Crippen LogP contribution < -0.4 is 4.18 Å². The molecule has 0 aliphatic carbocycles. The largest absolute Gasteiger partial charge is 0.464 e. The maximum Gasteiger partial charge on any atom is 0.358 e. The summed E-state index contributed by atoms with van der Waals surface area (Å²) >= 11 is 0. The summed E-state index contributed by atoms with van der Waals surface area (Å²) in [5, 5.41) is 0. The summed E-state index contributed by atoms with van der Waals surface area (Å²) in [6.07, 6.45) is 1.40. The average molecular weight is 295 g/mol. The van der Waals surface area contributed by atoms with Gasteiger partial charge in [-0.15, -0.1) is 0 Å². The van der Waals surface area contributed by atoms with Crippen LogP contribution >= 0.6 is 0 Å². The van der Waals surface area contributed by atoms with Gasteiger partial charge in [-0.25, -0.2) is 4.79 Å². The van der Waals surface area contributed by atoms with Gasteiger partial charge in [-0.1, -0.05) is 17.7 Å². The van der Waals surface area contributed by atoms with E-state index in [2.05, 4.69) is 9.72 Å². The number of carbonyl (C=O) groups excluding carboxylic acids is 1. The minimum atomic E-state index is -3.99. The second kappa shape index (κ2) is 5.38. The quantitative estimate of drug-likeness (QED) is 0.687. The lowest BCUT2D eigenvalue weighted by Gasteiger charge is -2.07. The first-order valence-electron chi connectivity index (χ1n) is 5.71. The number of H-pyrrole nitrogens is 1. The van der Waals surface area contributed by atoms with Gasteiger partial charge < -0.3 is 13.9 Å². The summed E-state index contributed by atoms with van der Waals surface area (Å²) in [6, 6.07) is 7.55. The number of aryl methyl sites for hydroxylation is 1. The predicted octanol–water partition coefficient (Wildman–Crippen LogP) is 1.88. The van der Waals surface area contributed by atoms with Gasteiger partial charge >= 0.3 is 16.1 Å². The summed E-state index contributed by atoms with van der Waals surface area (Å²) in [4.78, 5) is 14.0. The molecule has 1 N–H and O–H groups in total. The van der Waals surface area contributed by atoms with Crippen molar-refractivity contribution in [1.29, 1.82) is 0 Å². The number of benzene rings is 1. The molecule has 0 fully saturated rings. The Hall–Kier alpha value is -2.28. The van der Waals surface area contributed by atoms with Crippen LogP contribution in [0, 0.1) is 6.92 Å². The van der Waals surface area contributed by atoms with Gasteiger partial charge in [-0.05, 0) is 19.1 Å². The van der Waals surface area contributed by atoms with E-state index in [9.17, 15) is 13.2 Å². The first kappa shape index (κ1) is 14.1. The molecule has 0 aliphatic heterocycles. The normalized spacial score (nSPS) is 11.1. The topological polar surface area (TPSA) is 85.5 Å². The number of aromatic nitrogens is 1. The highest BCUT2D eigenvalue weighted by molar-refractivity contribution is 7.87. The number of esters is 1. The molecule has 2 aromatic rings. The Morgan fingerprint density at radius 3 is 2.40 bits per heavy atom. The Kier molecular flexibility index (Phi) is 3.80. The molecule has 0 saturated carbocycles. The van der Waals surface area contributed by atoms with Gasteiger partial charge in [0.05, 0.1) is 7.11 Å². The summed E-state index contributed by atoms with van der Waals surface area (Å²) < 4.78 is 33.7. The van der Waals surface area contributed by atoms with Gasteiger partial charge in [-0.2, -0.15) is 8.42 Å². The molecular weight excluding hydrogens is 282 g/mol. The Labute approximate surface area is 116 Å². The number of nitrogens with one attached hydrogen (secondary N) is 1. The van der Waals surface area contributed by atoms with Crippen LogP contribution in [0.4, 0.5) is 0 Å². The maximum absolute atomic E-state index is 12.1. The third-order valence-corrected chi connectivity index (χ3v) is 3.86. The number of ether oxygens (including phenoxy) is 1. The van der Waals surface area contributed by atoms with E-state index in [1.165, 1.54) is 31.5 Å². The van der Waals surface area contributed by atoms with E-state index in [0.717, 1.165) is 5.56 Å². The second-order valence-corrected chi connectivity index (χ2v) is 5.61. The van der Waals surface area contributed by atoms with Gasteiger partial charge in [-0.3, -0.25) is 0 Å². The van der Waals surface area contributed by atoms with Crippen molar-refractivity contribution in [2.24, 2.45) is 0 Å². The Morgan fingerprint density at radius 2 is 1.80 bits per heavy atom. The van der Waals surface area contributed by atoms with Crippen LogP contribution in [0.1, 0.15) is 16.1 Å². The predicted molar refractivity (Wildman–Crippen MR) is 71.1 cm³/mol. The van der Waals surface area contributed by atoms with Crippen LogP contribution in [0.25, 0.3) is 0 Å². The van der Waals surface area contributed by atoms with Crippen molar-refractivity contribution in [2.45, 2.75) is 11.8 Å². The van der Waals surface area contributed by atoms with Crippen LogP contribution in [-0.2, 0) is 14.9 Å². The molecule has 2 rings (SSSR count). The zero-order valence-corrected chi connectivity index (χ0v) is 11.7. The molecule has 0 atom stereocenters. The fourth-order valence-corrected chi connectivity index (χ4v) is 2.50. The summed E-state index contributed by atoms with van der Waals surface area (Å²) in [6.45, 7) is 1.85.